The Morgan fingerprint density at radius 1 is 0.750 bits per heavy atom. The van der Waals surface area contributed by atoms with Crippen LogP contribution in [-0.2, 0) is 0 Å². The maximum Gasteiger partial charge on any atom is 0.344 e. The molecular weight excluding hydrogens is 466 g/mol. The second-order valence-corrected chi connectivity index (χ2v) is 8.58. The van der Waals surface area contributed by atoms with Gasteiger partial charge in [-0.15, -0.1) is 0 Å². The summed E-state index contributed by atoms with van der Waals surface area (Å²) in [7, 11) is 0. The molecule has 5 rings (SSSR count). The Kier molecular flexibility index (Phi) is 5.32. The topological polar surface area (TPSA) is 144 Å². The smallest absolute Gasteiger partial charge is 0.344 e. The van der Waals surface area contributed by atoms with E-state index in [9.17, 15) is 29.9 Å². The lowest BCUT2D eigenvalue weighted by molar-refractivity contribution is -0.384. The van der Waals surface area contributed by atoms with Gasteiger partial charge >= 0.3 is 11.3 Å². The van der Waals surface area contributed by atoms with Crippen molar-refractivity contribution >= 4 is 27.6 Å². The number of nitro benzene ring substituents is 1. The van der Waals surface area contributed by atoms with E-state index in [2.05, 4.69) is 0 Å². The summed E-state index contributed by atoms with van der Waals surface area (Å²) in [5.74, 6) is -2.22. The Morgan fingerprint density at radius 3 is 1.61 bits per heavy atom. The van der Waals surface area contributed by atoms with Gasteiger partial charge in [0.2, 0.25) is 0 Å². The average Bonchev–Trinajstić information content (AvgIpc) is 2.84. The molecule has 180 valence electrons. The SMILES string of the molecule is Cc1ccc2oc(=O)c(C(c3ccc([N+](=O)[O-])cc3)c3c(O)c4cc(C)ccc4oc3=O)c(O)c2c1. The van der Waals surface area contributed by atoms with E-state index in [-0.39, 0.29) is 44.3 Å². The first-order valence-electron chi connectivity index (χ1n) is 10.9. The lowest BCUT2D eigenvalue weighted by Crippen LogP contribution is -2.21. The summed E-state index contributed by atoms with van der Waals surface area (Å²) in [6.07, 6.45) is 0. The van der Waals surface area contributed by atoms with Crippen LogP contribution in [0.25, 0.3) is 21.9 Å². The number of aryl methyl sites for hydroxylation is 2. The fourth-order valence-corrected chi connectivity index (χ4v) is 4.40. The van der Waals surface area contributed by atoms with Gasteiger partial charge in [0.05, 0.1) is 32.7 Å². The lowest BCUT2D eigenvalue weighted by atomic mass is 9.84. The molecule has 0 spiro atoms. The number of hydrogen-bond acceptors (Lipinski definition) is 8. The standard InChI is InChI=1S/C27H19NO8/c1-13-3-9-19-17(11-13)24(29)22(26(31)35-19)21(15-5-7-16(8-6-15)28(33)34)23-25(30)18-12-14(2)4-10-20(18)36-27(23)32/h3-12,21,29-30H,1-2H3. The summed E-state index contributed by atoms with van der Waals surface area (Å²) in [6, 6.07) is 14.9. The van der Waals surface area contributed by atoms with Crippen molar-refractivity contribution in [1.29, 1.82) is 0 Å². The highest BCUT2D eigenvalue weighted by Gasteiger charge is 2.32. The maximum absolute atomic E-state index is 13.2. The molecule has 0 fully saturated rings. The van der Waals surface area contributed by atoms with Crippen LogP contribution in [0.3, 0.4) is 0 Å². The van der Waals surface area contributed by atoms with Crippen LogP contribution in [0.5, 0.6) is 11.5 Å². The number of non-ortho nitro benzene ring substituents is 1. The Morgan fingerprint density at radius 2 is 1.19 bits per heavy atom. The van der Waals surface area contributed by atoms with E-state index in [0.29, 0.717) is 0 Å². The third-order valence-electron chi connectivity index (χ3n) is 6.15. The Hall–Kier alpha value is -4.92. The van der Waals surface area contributed by atoms with Gasteiger partial charge in [0, 0.05) is 12.1 Å². The maximum atomic E-state index is 13.2. The fourth-order valence-electron chi connectivity index (χ4n) is 4.40. The van der Waals surface area contributed by atoms with Crippen LogP contribution in [-0.4, -0.2) is 15.1 Å². The molecule has 5 aromatic rings. The zero-order valence-electron chi connectivity index (χ0n) is 19.1. The van der Waals surface area contributed by atoms with E-state index in [1.807, 2.05) is 0 Å². The third kappa shape index (κ3) is 3.67. The van der Waals surface area contributed by atoms with E-state index in [4.69, 9.17) is 8.83 Å². The van der Waals surface area contributed by atoms with Crippen LogP contribution in [0.15, 0.2) is 79.1 Å². The summed E-state index contributed by atoms with van der Waals surface area (Å²) < 4.78 is 10.9. The van der Waals surface area contributed by atoms with E-state index < -0.39 is 33.6 Å². The number of nitrogens with zero attached hydrogens (tertiary/aromatic N) is 1. The van der Waals surface area contributed by atoms with Crippen molar-refractivity contribution in [2.24, 2.45) is 0 Å². The Bertz CT molecular complexity index is 1690. The van der Waals surface area contributed by atoms with Crippen molar-refractivity contribution in [3.63, 3.8) is 0 Å². The van der Waals surface area contributed by atoms with Gasteiger partial charge in [0.1, 0.15) is 22.7 Å². The van der Waals surface area contributed by atoms with Gasteiger partial charge < -0.3 is 19.0 Å². The normalized spacial score (nSPS) is 11.4. The van der Waals surface area contributed by atoms with E-state index in [1.54, 1.807) is 50.2 Å². The van der Waals surface area contributed by atoms with Crippen LogP contribution in [0, 0.1) is 24.0 Å². The van der Waals surface area contributed by atoms with E-state index >= 15 is 0 Å². The minimum Gasteiger partial charge on any atom is -0.507 e. The molecule has 9 nitrogen and oxygen atoms in total. The molecule has 0 bridgehead atoms. The number of benzene rings is 3. The van der Waals surface area contributed by atoms with Crippen molar-refractivity contribution in [3.8, 4) is 11.5 Å². The van der Waals surface area contributed by atoms with Gasteiger partial charge in [0.25, 0.3) is 5.69 Å². The molecule has 0 aliphatic rings. The number of aromatic hydroxyl groups is 2. The van der Waals surface area contributed by atoms with Crippen molar-refractivity contribution < 1.29 is 24.0 Å². The van der Waals surface area contributed by atoms with Gasteiger partial charge in [-0.2, -0.15) is 0 Å². The second-order valence-electron chi connectivity index (χ2n) is 8.58. The molecule has 0 saturated carbocycles. The quantitative estimate of drug-likeness (QED) is 0.205. The monoisotopic (exact) mass is 485 g/mol. The van der Waals surface area contributed by atoms with Crippen LogP contribution in [0.2, 0.25) is 0 Å². The summed E-state index contributed by atoms with van der Waals surface area (Å²) in [5, 5.41) is 34.2. The molecule has 3 aromatic carbocycles. The first kappa shape index (κ1) is 22.9. The first-order valence-corrected chi connectivity index (χ1v) is 10.9. The van der Waals surface area contributed by atoms with Crippen LogP contribution in [0.1, 0.15) is 33.7 Å². The van der Waals surface area contributed by atoms with Crippen molar-refractivity contribution in [1.82, 2.24) is 0 Å². The van der Waals surface area contributed by atoms with Crippen molar-refractivity contribution in [2.75, 3.05) is 0 Å². The zero-order chi connectivity index (χ0) is 25.7. The molecule has 0 unspecified atom stereocenters. The Labute approximate surface area is 202 Å². The molecule has 0 aliphatic carbocycles. The van der Waals surface area contributed by atoms with E-state index in [1.165, 1.54) is 24.3 Å². The lowest BCUT2D eigenvalue weighted by Gasteiger charge is -2.20. The molecule has 0 radical (unpaired) electrons. The summed E-state index contributed by atoms with van der Waals surface area (Å²) in [4.78, 5) is 37.0. The molecule has 0 aliphatic heterocycles. The van der Waals surface area contributed by atoms with E-state index in [0.717, 1.165) is 11.1 Å². The predicted molar refractivity (Wildman–Crippen MR) is 132 cm³/mol. The Balaban J connectivity index is 1.89. The van der Waals surface area contributed by atoms with Gasteiger partial charge in [-0.05, 0) is 43.7 Å². The first-order chi connectivity index (χ1) is 17.2. The highest BCUT2D eigenvalue weighted by Crippen LogP contribution is 2.42. The van der Waals surface area contributed by atoms with Gasteiger partial charge in [-0.3, -0.25) is 10.1 Å². The number of fused-ring (bicyclic) bond motifs is 2. The minimum atomic E-state index is -1.35. The molecular formula is C27H19NO8. The molecule has 2 heterocycles. The van der Waals surface area contributed by atoms with Crippen LogP contribution < -0.4 is 11.3 Å². The minimum absolute atomic E-state index is 0.139. The van der Waals surface area contributed by atoms with Gasteiger partial charge in [-0.25, -0.2) is 9.59 Å². The number of rotatable bonds is 4. The molecule has 36 heavy (non-hydrogen) atoms. The summed E-state index contributed by atoms with van der Waals surface area (Å²) in [5.41, 5.74) is -0.627. The fraction of sp³-hybridized carbons (Fsp3) is 0.111. The average molecular weight is 485 g/mol. The second kappa shape index (κ2) is 8.38. The molecule has 9 heteroatoms. The van der Waals surface area contributed by atoms with Gasteiger partial charge in [-0.1, -0.05) is 35.4 Å². The van der Waals surface area contributed by atoms with Gasteiger partial charge in [0.15, 0.2) is 0 Å². The highest BCUT2D eigenvalue weighted by molar-refractivity contribution is 5.87. The predicted octanol–water partition coefficient (Wildman–Crippen LogP) is 5.02. The molecule has 0 atom stereocenters. The zero-order valence-corrected chi connectivity index (χ0v) is 19.1. The summed E-state index contributed by atoms with van der Waals surface area (Å²) in [6.45, 7) is 3.59. The highest BCUT2D eigenvalue weighted by atomic mass is 16.6. The number of hydrogen-bond donors (Lipinski definition) is 2. The molecule has 0 amide bonds. The summed E-state index contributed by atoms with van der Waals surface area (Å²) >= 11 is 0. The van der Waals surface area contributed by atoms with Crippen LogP contribution >= 0.6 is 0 Å². The largest absolute Gasteiger partial charge is 0.507 e. The molecule has 0 saturated heterocycles. The molecule has 2 N–H and O–H groups in total. The third-order valence-corrected chi connectivity index (χ3v) is 6.15. The van der Waals surface area contributed by atoms with Crippen molar-refractivity contribution in [2.45, 2.75) is 19.8 Å². The van der Waals surface area contributed by atoms with Crippen LogP contribution in [0.4, 0.5) is 5.69 Å². The molecule has 2 aromatic heterocycles. The van der Waals surface area contributed by atoms with Crippen molar-refractivity contribution in [3.05, 3.63) is 119 Å². The number of nitro groups is 1.